The number of carboxylic acids is 1. The molecule has 1 rings (SSSR count). The molecule has 92 valence electrons. The summed E-state index contributed by atoms with van der Waals surface area (Å²) in [6, 6.07) is -0.218. The Hall–Kier alpha value is -1.30. The zero-order chi connectivity index (χ0) is 12.0. The molecule has 2 amide bonds. The predicted octanol–water partition coefficient (Wildman–Crippen LogP) is 0.0175. The van der Waals surface area contributed by atoms with E-state index in [2.05, 4.69) is 5.32 Å². The highest BCUT2D eigenvalue weighted by Crippen LogP contribution is 2.09. The number of nitrogens with one attached hydrogen (secondary N) is 1. The van der Waals surface area contributed by atoms with Gasteiger partial charge in [0.15, 0.2) is 0 Å². The third kappa shape index (κ3) is 4.48. The lowest BCUT2D eigenvalue weighted by atomic mass is 10.1. The first-order chi connectivity index (χ1) is 7.59. The second-order valence-electron chi connectivity index (χ2n) is 3.97. The Morgan fingerprint density at radius 2 is 2.19 bits per heavy atom. The number of β-amino-alcohol motifs (C(OH)–C–C–N with tert-alkyl or cyclic N) is 1. The van der Waals surface area contributed by atoms with Crippen molar-refractivity contribution in [3.8, 4) is 0 Å². The van der Waals surface area contributed by atoms with E-state index >= 15 is 0 Å². The van der Waals surface area contributed by atoms with Gasteiger partial charge in [-0.3, -0.25) is 4.79 Å². The van der Waals surface area contributed by atoms with E-state index in [-0.39, 0.29) is 12.5 Å². The van der Waals surface area contributed by atoms with Crippen LogP contribution >= 0.6 is 0 Å². The molecular formula is C10H18N2O4. The van der Waals surface area contributed by atoms with E-state index in [1.165, 1.54) is 0 Å². The molecule has 0 radical (unpaired) electrons. The number of rotatable bonds is 4. The number of amides is 2. The monoisotopic (exact) mass is 230 g/mol. The van der Waals surface area contributed by atoms with E-state index in [0.717, 1.165) is 12.8 Å². The van der Waals surface area contributed by atoms with Gasteiger partial charge >= 0.3 is 12.0 Å². The van der Waals surface area contributed by atoms with E-state index in [1.807, 2.05) is 0 Å². The second kappa shape index (κ2) is 6.32. The van der Waals surface area contributed by atoms with Crippen LogP contribution in [0, 0.1) is 0 Å². The van der Waals surface area contributed by atoms with Gasteiger partial charge in [0.1, 0.15) is 0 Å². The molecule has 0 bridgehead atoms. The predicted molar refractivity (Wildman–Crippen MR) is 57.1 cm³/mol. The van der Waals surface area contributed by atoms with Crippen molar-refractivity contribution in [3.05, 3.63) is 0 Å². The Kier molecular flexibility index (Phi) is 5.04. The SMILES string of the molecule is O=C(O)CCCNC(=O)N1CCCC(O)C1. The van der Waals surface area contributed by atoms with E-state index in [0.29, 0.717) is 26.1 Å². The summed E-state index contributed by atoms with van der Waals surface area (Å²) < 4.78 is 0. The van der Waals surface area contributed by atoms with Crippen LogP contribution in [0.25, 0.3) is 0 Å². The number of carboxylic acid groups (broad SMARTS) is 1. The number of nitrogens with zero attached hydrogens (tertiary/aromatic N) is 1. The first-order valence-electron chi connectivity index (χ1n) is 5.52. The molecule has 6 nitrogen and oxygen atoms in total. The molecule has 1 unspecified atom stereocenters. The summed E-state index contributed by atoms with van der Waals surface area (Å²) in [6.45, 7) is 1.38. The lowest BCUT2D eigenvalue weighted by Crippen LogP contribution is -2.47. The topological polar surface area (TPSA) is 89.9 Å². The van der Waals surface area contributed by atoms with Crippen LogP contribution in [0.4, 0.5) is 4.79 Å². The highest BCUT2D eigenvalue weighted by atomic mass is 16.4. The maximum absolute atomic E-state index is 11.5. The lowest BCUT2D eigenvalue weighted by Gasteiger charge is -2.30. The van der Waals surface area contributed by atoms with Crippen molar-refractivity contribution >= 4 is 12.0 Å². The van der Waals surface area contributed by atoms with Gasteiger partial charge in [-0.1, -0.05) is 0 Å². The van der Waals surface area contributed by atoms with Crippen molar-refractivity contribution in [3.63, 3.8) is 0 Å². The fourth-order valence-electron chi connectivity index (χ4n) is 1.69. The molecule has 1 saturated heterocycles. The maximum atomic E-state index is 11.5. The van der Waals surface area contributed by atoms with Crippen molar-refractivity contribution in [1.29, 1.82) is 0 Å². The quantitative estimate of drug-likeness (QED) is 0.594. The number of likely N-dealkylation sites (tertiary alicyclic amines) is 1. The fourth-order valence-corrected chi connectivity index (χ4v) is 1.69. The Bertz CT molecular complexity index is 257. The Morgan fingerprint density at radius 1 is 1.44 bits per heavy atom. The highest BCUT2D eigenvalue weighted by Gasteiger charge is 2.21. The number of hydrogen-bond acceptors (Lipinski definition) is 3. The summed E-state index contributed by atoms with van der Waals surface area (Å²) >= 11 is 0. The first kappa shape index (κ1) is 12.8. The number of carbonyl (C=O) groups excluding carboxylic acids is 1. The largest absolute Gasteiger partial charge is 0.481 e. The summed E-state index contributed by atoms with van der Waals surface area (Å²) in [5, 5.41) is 20.4. The summed E-state index contributed by atoms with van der Waals surface area (Å²) in [5.41, 5.74) is 0. The van der Waals surface area contributed by atoms with Gasteiger partial charge in [0, 0.05) is 26.1 Å². The van der Waals surface area contributed by atoms with Crippen molar-refractivity contribution in [2.24, 2.45) is 0 Å². The van der Waals surface area contributed by atoms with Crippen LogP contribution in [-0.2, 0) is 4.79 Å². The van der Waals surface area contributed by atoms with Crippen molar-refractivity contribution < 1.29 is 19.8 Å². The van der Waals surface area contributed by atoms with Crippen LogP contribution in [0.2, 0.25) is 0 Å². The molecule has 1 aliphatic heterocycles. The summed E-state index contributed by atoms with van der Waals surface area (Å²) in [5.74, 6) is -0.859. The third-order valence-corrected chi connectivity index (χ3v) is 2.53. The van der Waals surface area contributed by atoms with Crippen molar-refractivity contribution in [2.45, 2.75) is 31.8 Å². The molecule has 0 aromatic carbocycles. The highest BCUT2D eigenvalue weighted by molar-refractivity contribution is 5.74. The summed E-state index contributed by atoms with van der Waals surface area (Å²) in [7, 11) is 0. The number of carbonyl (C=O) groups is 2. The van der Waals surface area contributed by atoms with Crippen molar-refractivity contribution in [2.75, 3.05) is 19.6 Å². The van der Waals surface area contributed by atoms with Crippen LogP contribution in [0.1, 0.15) is 25.7 Å². The average molecular weight is 230 g/mol. The molecule has 1 heterocycles. The Morgan fingerprint density at radius 3 is 2.81 bits per heavy atom. The number of aliphatic carboxylic acids is 1. The van der Waals surface area contributed by atoms with E-state index < -0.39 is 12.1 Å². The standard InChI is InChI=1S/C10H18N2O4/c13-8-3-2-6-12(7-8)10(16)11-5-1-4-9(14)15/h8,13H,1-7H2,(H,11,16)(H,14,15). The number of aliphatic hydroxyl groups is 1. The number of aliphatic hydroxyl groups excluding tert-OH is 1. The van der Waals surface area contributed by atoms with Crippen LogP contribution in [0.5, 0.6) is 0 Å². The number of piperidine rings is 1. The Labute approximate surface area is 94.2 Å². The zero-order valence-electron chi connectivity index (χ0n) is 9.19. The van der Waals surface area contributed by atoms with E-state index in [4.69, 9.17) is 5.11 Å². The molecule has 6 heteroatoms. The molecule has 0 aliphatic carbocycles. The lowest BCUT2D eigenvalue weighted by molar-refractivity contribution is -0.137. The Balaban J connectivity index is 2.16. The molecule has 1 fully saturated rings. The van der Waals surface area contributed by atoms with Crippen LogP contribution in [0.3, 0.4) is 0 Å². The average Bonchev–Trinajstić information content (AvgIpc) is 2.24. The first-order valence-corrected chi connectivity index (χ1v) is 5.52. The summed E-state index contributed by atoms with van der Waals surface area (Å²) in [6.07, 6.45) is 1.60. The van der Waals surface area contributed by atoms with Gasteiger partial charge in [0.05, 0.1) is 6.10 Å². The minimum Gasteiger partial charge on any atom is -0.481 e. The van der Waals surface area contributed by atoms with Gasteiger partial charge in [0.25, 0.3) is 0 Å². The van der Waals surface area contributed by atoms with Crippen LogP contribution in [0.15, 0.2) is 0 Å². The molecule has 0 aromatic heterocycles. The molecular weight excluding hydrogens is 212 g/mol. The van der Waals surface area contributed by atoms with Crippen molar-refractivity contribution in [1.82, 2.24) is 10.2 Å². The van der Waals surface area contributed by atoms with E-state index in [1.54, 1.807) is 4.90 Å². The van der Waals surface area contributed by atoms with Gasteiger partial charge in [-0.15, -0.1) is 0 Å². The van der Waals surface area contributed by atoms with Crippen LogP contribution in [-0.4, -0.2) is 52.9 Å². The third-order valence-electron chi connectivity index (χ3n) is 2.53. The van der Waals surface area contributed by atoms with Gasteiger partial charge in [-0.2, -0.15) is 0 Å². The molecule has 1 atom stereocenters. The minimum atomic E-state index is -0.859. The van der Waals surface area contributed by atoms with Gasteiger partial charge in [0.2, 0.25) is 0 Å². The molecule has 3 N–H and O–H groups in total. The van der Waals surface area contributed by atoms with Gasteiger partial charge in [-0.25, -0.2) is 4.79 Å². The maximum Gasteiger partial charge on any atom is 0.317 e. The number of hydrogen-bond donors (Lipinski definition) is 3. The minimum absolute atomic E-state index is 0.0584. The molecule has 0 spiro atoms. The molecule has 0 aromatic rings. The molecule has 0 saturated carbocycles. The molecule has 1 aliphatic rings. The van der Waals surface area contributed by atoms with Gasteiger partial charge in [-0.05, 0) is 19.3 Å². The normalized spacial score (nSPS) is 20.6. The van der Waals surface area contributed by atoms with Crippen LogP contribution < -0.4 is 5.32 Å². The number of urea groups is 1. The smallest absolute Gasteiger partial charge is 0.317 e. The fraction of sp³-hybridized carbons (Fsp3) is 0.800. The van der Waals surface area contributed by atoms with Gasteiger partial charge < -0.3 is 20.4 Å². The zero-order valence-corrected chi connectivity index (χ0v) is 9.19. The molecule has 16 heavy (non-hydrogen) atoms. The second-order valence-corrected chi connectivity index (χ2v) is 3.97. The summed E-state index contributed by atoms with van der Waals surface area (Å²) in [4.78, 5) is 23.3. The van der Waals surface area contributed by atoms with E-state index in [9.17, 15) is 14.7 Å².